The third-order valence-electron chi connectivity index (χ3n) is 2.30. The summed E-state index contributed by atoms with van der Waals surface area (Å²) in [4.78, 5) is 11.4. The van der Waals surface area contributed by atoms with Gasteiger partial charge in [0, 0.05) is 5.69 Å². The minimum atomic E-state index is -0.537. The largest absolute Gasteiger partial charge is 0.444 e. The third kappa shape index (κ3) is 3.59. The van der Waals surface area contributed by atoms with Crippen LogP contribution in [-0.2, 0) is 11.3 Å². The Bertz CT molecular complexity index is 511. The summed E-state index contributed by atoms with van der Waals surface area (Å²) >= 11 is 0. The number of hydrogen-bond donors (Lipinski definition) is 1. The molecule has 0 bridgehead atoms. The lowest BCUT2D eigenvalue weighted by Crippen LogP contribution is -2.13. The molecule has 4 heteroatoms. The molecule has 0 aromatic heterocycles. The first-order valence-corrected chi connectivity index (χ1v) is 5.47. The maximum atomic E-state index is 12.7. The van der Waals surface area contributed by atoms with Gasteiger partial charge in [-0.2, -0.15) is 0 Å². The number of ether oxygens (including phenoxy) is 1. The first-order chi connectivity index (χ1) is 8.74. The average Bonchev–Trinajstić information content (AvgIpc) is 2.39. The summed E-state index contributed by atoms with van der Waals surface area (Å²) in [5.41, 5.74) is 1.40. The monoisotopic (exact) mass is 245 g/mol. The molecule has 3 nitrogen and oxygen atoms in total. The Morgan fingerprint density at radius 2 is 1.72 bits per heavy atom. The molecule has 0 unspecified atom stereocenters. The number of anilines is 1. The minimum absolute atomic E-state index is 0.110. The van der Waals surface area contributed by atoms with Gasteiger partial charge in [-0.3, -0.25) is 5.32 Å². The normalized spacial score (nSPS) is 9.83. The Labute approximate surface area is 104 Å². The molecule has 1 N–H and O–H groups in total. The first-order valence-electron chi connectivity index (χ1n) is 5.47. The van der Waals surface area contributed by atoms with E-state index in [1.165, 1.54) is 12.1 Å². The van der Waals surface area contributed by atoms with Gasteiger partial charge < -0.3 is 4.74 Å². The van der Waals surface area contributed by atoms with Crippen molar-refractivity contribution in [2.75, 3.05) is 5.32 Å². The Kier molecular flexibility index (Phi) is 3.91. The summed E-state index contributed by atoms with van der Waals surface area (Å²) < 4.78 is 17.7. The van der Waals surface area contributed by atoms with E-state index < -0.39 is 6.09 Å². The van der Waals surface area contributed by atoms with Gasteiger partial charge >= 0.3 is 6.09 Å². The predicted molar refractivity (Wildman–Crippen MR) is 66.6 cm³/mol. The van der Waals surface area contributed by atoms with Gasteiger partial charge in [0.15, 0.2) is 0 Å². The fourth-order valence-electron chi connectivity index (χ4n) is 1.40. The van der Waals surface area contributed by atoms with E-state index in [1.807, 2.05) is 18.2 Å². The molecular formula is C14H12FNO2. The SMILES string of the molecule is O=C(Nc1ccccc1)OCc1ccc(F)cc1. The highest BCUT2D eigenvalue weighted by Gasteiger charge is 2.03. The van der Waals surface area contributed by atoms with Crippen LogP contribution < -0.4 is 5.32 Å². The van der Waals surface area contributed by atoms with E-state index in [0.29, 0.717) is 5.69 Å². The van der Waals surface area contributed by atoms with Crippen LogP contribution in [0, 0.1) is 5.82 Å². The van der Waals surface area contributed by atoms with E-state index >= 15 is 0 Å². The molecule has 18 heavy (non-hydrogen) atoms. The van der Waals surface area contributed by atoms with Gasteiger partial charge in [0.05, 0.1) is 0 Å². The number of para-hydroxylation sites is 1. The average molecular weight is 245 g/mol. The molecule has 1 amide bonds. The lowest BCUT2D eigenvalue weighted by molar-refractivity contribution is 0.155. The zero-order valence-electron chi connectivity index (χ0n) is 9.60. The van der Waals surface area contributed by atoms with Crippen molar-refractivity contribution in [3.05, 3.63) is 66.0 Å². The van der Waals surface area contributed by atoms with Crippen LogP contribution in [0.1, 0.15) is 5.56 Å². The van der Waals surface area contributed by atoms with Crippen LogP contribution in [-0.4, -0.2) is 6.09 Å². The van der Waals surface area contributed by atoms with Crippen LogP contribution in [0.25, 0.3) is 0 Å². The zero-order valence-corrected chi connectivity index (χ0v) is 9.60. The number of amides is 1. The molecule has 2 aromatic rings. The maximum absolute atomic E-state index is 12.7. The summed E-state index contributed by atoms with van der Waals surface area (Å²) in [5, 5.41) is 2.59. The fraction of sp³-hybridized carbons (Fsp3) is 0.0714. The summed E-state index contributed by atoms with van der Waals surface area (Å²) in [6, 6.07) is 14.8. The quantitative estimate of drug-likeness (QED) is 0.897. The number of halogens is 1. The number of benzene rings is 2. The van der Waals surface area contributed by atoms with Gasteiger partial charge in [0.25, 0.3) is 0 Å². The number of nitrogens with one attached hydrogen (secondary N) is 1. The smallest absolute Gasteiger partial charge is 0.411 e. The molecule has 2 aromatic carbocycles. The van der Waals surface area contributed by atoms with Crippen molar-refractivity contribution in [3.63, 3.8) is 0 Å². The van der Waals surface area contributed by atoms with Crippen LogP contribution in [0.5, 0.6) is 0 Å². The van der Waals surface area contributed by atoms with E-state index in [9.17, 15) is 9.18 Å². The van der Waals surface area contributed by atoms with Crippen LogP contribution in [0.4, 0.5) is 14.9 Å². The van der Waals surface area contributed by atoms with Gasteiger partial charge in [0.1, 0.15) is 12.4 Å². The highest BCUT2D eigenvalue weighted by molar-refractivity contribution is 5.84. The Balaban J connectivity index is 1.83. The van der Waals surface area contributed by atoms with Crippen molar-refractivity contribution in [2.24, 2.45) is 0 Å². The van der Waals surface area contributed by atoms with Crippen molar-refractivity contribution < 1.29 is 13.9 Å². The molecule has 0 aliphatic rings. The summed E-state index contributed by atoms with van der Waals surface area (Å²) in [5.74, 6) is -0.313. The molecule has 0 radical (unpaired) electrons. The molecule has 0 fully saturated rings. The Morgan fingerprint density at radius 1 is 1.06 bits per heavy atom. The topological polar surface area (TPSA) is 38.3 Å². The van der Waals surface area contributed by atoms with E-state index in [2.05, 4.69) is 5.32 Å². The summed E-state index contributed by atoms with van der Waals surface area (Å²) in [7, 11) is 0. The first kappa shape index (κ1) is 12.1. The molecule has 0 aliphatic heterocycles. The van der Waals surface area contributed by atoms with Crippen LogP contribution >= 0.6 is 0 Å². The lowest BCUT2D eigenvalue weighted by atomic mass is 10.2. The molecule has 92 valence electrons. The van der Waals surface area contributed by atoms with Crippen molar-refractivity contribution in [1.82, 2.24) is 0 Å². The van der Waals surface area contributed by atoms with Crippen molar-refractivity contribution in [3.8, 4) is 0 Å². The number of carbonyl (C=O) groups excluding carboxylic acids is 1. The second-order valence-corrected chi connectivity index (χ2v) is 3.69. The van der Waals surface area contributed by atoms with Crippen molar-refractivity contribution in [1.29, 1.82) is 0 Å². The number of hydrogen-bond acceptors (Lipinski definition) is 2. The van der Waals surface area contributed by atoms with Crippen LogP contribution in [0.3, 0.4) is 0 Å². The third-order valence-corrected chi connectivity index (χ3v) is 2.30. The zero-order chi connectivity index (χ0) is 12.8. The van der Waals surface area contributed by atoms with E-state index in [-0.39, 0.29) is 12.4 Å². The maximum Gasteiger partial charge on any atom is 0.411 e. The predicted octanol–water partition coefficient (Wildman–Crippen LogP) is 3.57. The molecule has 0 spiro atoms. The molecule has 0 saturated heterocycles. The summed E-state index contributed by atoms with van der Waals surface area (Å²) in [6.45, 7) is 0.110. The summed E-state index contributed by atoms with van der Waals surface area (Å²) in [6.07, 6.45) is -0.537. The molecule has 0 saturated carbocycles. The van der Waals surface area contributed by atoms with Crippen molar-refractivity contribution >= 4 is 11.8 Å². The molecule has 2 rings (SSSR count). The highest BCUT2D eigenvalue weighted by Crippen LogP contribution is 2.07. The highest BCUT2D eigenvalue weighted by atomic mass is 19.1. The van der Waals surface area contributed by atoms with E-state index in [0.717, 1.165) is 5.56 Å². The van der Waals surface area contributed by atoms with E-state index in [4.69, 9.17) is 4.74 Å². The van der Waals surface area contributed by atoms with Gasteiger partial charge in [-0.05, 0) is 29.8 Å². The van der Waals surface area contributed by atoms with Gasteiger partial charge in [-0.1, -0.05) is 30.3 Å². The number of rotatable bonds is 3. The fourth-order valence-corrected chi connectivity index (χ4v) is 1.40. The van der Waals surface area contributed by atoms with Gasteiger partial charge in [-0.25, -0.2) is 9.18 Å². The lowest BCUT2D eigenvalue weighted by Gasteiger charge is -2.06. The van der Waals surface area contributed by atoms with Gasteiger partial charge in [0.2, 0.25) is 0 Å². The second-order valence-electron chi connectivity index (χ2n) is 3.69. The van der Waals surface area contributed by atoms with E-state index in [1.54, 1.807) is 24.3 Å². The van der Waals surface area contributed by atoms with Crippen molar-refractivity contribution in [2.45, 2.75) is 6.61 Å². The Hall–Kier alpha value is -2.36. The molecule has 0 aliphatic carbocycles. The number of carbonyl (C=O) groups is 1. The molecule has 0 heterocycles. The van der Waals surface area contributed by atoms with Gasteiger partial charge in [-0.15, -0.1) is 0 Å². The standard InChI is InChI=1S/C14H12FNO2/c15-12-8-6-11(7-9-12)10-18-14(17)16-13-4-2-1-3-5-13/h1-9H,10H2,(H,16,17). The van der Waals surface area contributed by atoms with Crippen LogP contribution in [0.15, 0.2) is 54.6 Å². The second kappa shape index (κ2) is 5.82. The van der Waals surface area contributed by atoms with Crippen LogP contribution in [0.2, 0.25) is 0 Å². The minimum Gasteiger partial charge on any atom is -0.444 e. The molecular weight excluding hydrogens is 233 g/mol. The Morgan fingerprint density at radius 3 is 2.39 bits per heavy atom. The molecule has 0 atom stereocenters.